The van der Waals surface area contributed by atoms with Crippen LogP contribution in [-0.2, 0) is 4.79 Å². The van der Waals surface area contributed by atoms with Gasteiger partial charge in [0.2, 0.25) is 5.91 Å². The van der Waals surface area contributed by atoms with E-state index in [0.29, 0.717) is 12.1 Å². The van der Waals surface area contributed by atoms with Crippen molar-refractivity contribution in [2.45, 2.75) is 52.1 Å². The molecule has 2 rings (SSSR count). The Morgan fingerprint density at radius 2 is 2.17 bits per heavy atom. The Morgan fingerprint density at radius 1 is 1.41 bits per heavy atom. The van der Waals surface area contributed by atoms with Gasteiger partial charge in [-0.1, -0.05) is 12.1 Å². The van der Waals surface area contributed by atoms with E-state index in [9.17, 15) is 9.18 Å². The lowest BCUT2D eigenvalue weighted by molar-refractivity contribution is -0.133. The molecule has 6 nitrogen and oxygen atoms in total. The number of likely N-dealkylation sites (tertiary alicyclic amines) is 1. The Balaban J connectivity index is 1.88. The molecule has 2 unspecified atom stereocenters. The lowest BCUT2D eigenvalue weighted by Crippen LogP contribution is -2.43. The summed E-state index contributed by atoms with van der Waals surface area (Å²) >= 11 is 0. The molecule has 1 aromatic rings. The zero-order chi connectivity index (χ0) is 21.4. The topological polar surface area (TPSA) is 60.0 Å². The molecule has 2 N–H and O–H groups in total. The van der Waals surface area contributed by atoms with E-state index in [1.807, 2.05) is 34.0 Å². The number of carbonyl (C=O) groups excluding carboxylic acids is 1. The third-order valence-electron chi connectivity index (χ3n) is 5.36. The number of aryl methyl sites for hydroxylation is 1. The van der Waals surface area contributed by atoms with Gasteiger partial charge in [-0.15, -0.1) is 0 Å². The van der Waals surface area contributed by atoms with Crippen molar-refractivity contribution in [3.8, 4) is 0 Å². The van der Waals surface area contributed by atoms with Crippen molar-refractivity contribution in [1.82, 2.24) is 20.4 Å². The van der Waals surface area contributed by atoms with Crippen LogP contribution >= 0.6 is 0 Å². The molecule has 1 aliphatic heterocycles. The fraction of sp³-hybridized carbons (Fsp3) is 0.636. The van der Waals surface area contributed by atoms with E-state index in [4.69, 9.17) is 0 Å². The molecule has 1 heterocycles. The molecule has 1 aliphatic rings. The lowest BCUT2D eigenvalue weighted by atomic mass is 10.1. The Labute approximate surface area is 174 Å². The summed E-state index contributed by atoms with van der Waals surface area (Å²) in [6.07, 6.45) is 2.90. The first-order valence-electron chi connectivity index (χ1n) is 10.6. The van der Waals surface area contributed by atoms with Gasteiger partial charge < -0.3 is 15.5 Å². The normalized spacial score (nSPS) is 18.6. The van der Waals surface area contributed by atoms with Gasteiger partial charge in [0.25, 0.3) is 0 Å². The number of amides is 1. The average molecular weight is 406 g/mol. The first kappa shape index (κ1) is 23.1. The highest BCUT2D eigenvalue weighted by atomic mass is 19.1. The number of hydrogen-bond acceptors (Lipinski definition) is 3. The van der Waals surface area contributed by atoms with Crippen LogP contribution in [0.3, 0.4) is 0 Å². The van der Waals surface area contributed by atoms with E-state index in [1.165, 1.54) is 0 Å². The Morgan fingerprint density at radius 3 is 2.83 bits per heavy atom. The number of rotatable bonds is 8. The van der Waals surface area contributed by atoms with Crippen molar-refractivity contribution in [3.63, 3.8) is 0 Å². The van der Waals surface area contributed by atoms with Gasteiger partial charge in [-0.05, 0) is 63.8 Å². The number of halogens is 1. The Hall–Kier alpha value is -2.15. The summed E-state index contributed by atoms with van der Waals surface area (Å²) in [7, 11) is 3.64. The van der Waals surface area contributed by atoms with Gasteiger partial charge >= 0.3 is 0 Å². The smallest absolute Gasteiger partial charge is 0.239 e. The quantitative estimate of drug-likeness (QED) is 0.397. The number of hydrogen-bond donors (Lipinski definition) is 2. The van der Waals surface area contributed by atoms with E-state index in [-0.39, 0.29) is 23.8 Å². The molecule has 1 saturated heterocycles. The van der Waals surface area contributed by atoms with Gasteiger partial charge in [0, 0.05) is 33.7 Å². The molecule has 29 heavy (non-hydrogen) atoms. The Bertz CT molecular complexity index is 706. The minimum Gasteiger partial charge on any atom is -0.357 e. The van der Waals surface area contributed by atoms with Crippen molar-refractivity contribution < 1.29 is 9.18 Å². The zero-order valence-electron chi connectivity index (χ0n) is 18.5. The van der Waals surface area contributed by atoms with Gasteiger partial charge in [0.05, 0.1) is 12.1 Å². The lowest BCUT2D eigenvalue weighted by Gasteiger charge is -2.25. The maximum Gasteiger partial charge on any atom is 0.239 e. The van der Waals surface area contributed by atoms with Crippen molar-refractivity contribution in [2.24, 2.45) is 4.99 Å². The summed E-state index contributed by atoms with van der Waals surface area (Å²) in [5.74, 6) is 0.731. The van der Waals surface area contributed by atoms with Crippen LogP contribution in [0.25, 0.3) is 0 Å². The summed E-state index contributed by atoms with van der Waals surface area (Å²) in [6, 6.07) is 5.27. The molecule has 1 fully saturated rings. The highest BCUT2D eigenvalue weighted by Crippen LogP contribution is 2.19. The number of nitrogens with one attached hydrogen (secondary N) is 2. The highest BCUT2D eigenvalue weighted by Gasteiger charge is 2.30. The predicted molar refractivity (Wildman–Crippen MR) is 117 cm³/mol. The molecule has 0 spiro atoms. The minimum absolute atomic E-state index is 0.0109. The van der Waals surface area contributed by atoms with Crippen LogP contribution in [0.4, 0.5) is 4.39 Å². The number of benzene rings is 1. The molecule has 0 saturated carbocycles. The van der Waals surface area contributed by atoms with Crippen molar-refractivity contribution in [3.05, 3.63) is 35.1 Å². The van der Waals surface area contributed by atoms with E-state index >= 15 is 0 Å². The highest BCUT2D eigenvalue weighted by molar-refractivity contribution is 5.81. The summed E-state index contributed by atoms with van der Waals surface area (Å²) in [4.78, 5) is 20.9. The number of aliphatic imine (C=N–C) groups is 1. The third kappa shape index (κ3) is 6.70. The van der Waals surface area contributed by atoms with E-state index in [1.54, 1.807) is 24.0 Å². The van der Waals surface area contributed by atoms with Crippen LogP contribution < -0.4 is 10.6 Å². The second-order valence-electron chi connectivity index (χ2n) is 7.92. The van der Waals surface area contributed by atoms with Crippen LogP contribution in [0, 0.1) is 12.7 Å². The second kappa shape index (κ2) is 11.1. The maximum atomic E-state index is 13.9. The first-order chi connectivity index (χ1) is 13.8. The van der Waals surface area contributed by atoms with E-state index in [0.717, 1.165) is 50.4 Å². The number of carbonyl (C=O) groups is 1. The van der Waals surface area contributed by atoms with Crippen molar-refractivity contribution in [2.75, 3.05) is 40.3 Å². The number of guanidine groups is 1. The summed E-state index contributed by atoms with van der Waals surface area (Å²) < 4.78 is 13.9. The SMILES string of the molecule is CCNC(=NCCCN1CCCC1C(=O)N(C)C)NC(C)c1ccc(C)c(F)c1. The van der Waals surface area contributed by atoms with Crippen LogP contribution in [-0.4, -0.2) is 68.0 Å². The fourth-order valence-corrected chi connectivity index (χ4v) is 3.62. The predicted octanol–water partition coefficient (Wildman–Crippen LogP) is 2.69. The van der Waals surface area contributed by atoms with Crippen LogP contribution in [0.1, 0.15) is 50.3 Å². The average Bonchev–Trinajstić information content (AvgIpc) is 3.15. The van der Waals surface area contributed by atoms with Crippen LogP contribution in [0.15, 0.2) is 23.2 Å². The largest absolute Gasteiger partial charge is 0.357 e. The van der Waals surface area contributed by atoms with Crippen molar-refractivity contribution in [1.29, 1.82) is 0 Å². The van der Waals surface area contributed by atoms with Gasteiger partial charge in [-0.25, -0.2) is 4.39 Å². The summed E-state index contributed by atoms with van der Waals surface area (Å²) in [5.41, 5.74) is 1.54. The fourth-order valence-electron chi connectivity index (χ4n) is 3.62. The Kier molecular flexibility index (Phi) is 8.89. The molecule has 0 aliphatic carbocycles. The molecule has 1 aromatic carbocycles. The summed E-state index contributed by atoms with van der Waals surface area (Å²) in [6.45, 7) is 9.05. The monoisotopic (exact) mass is 405 g/mol. The standard InChI is InChI=1S/C22H36FN5O/c1-6-24-22(26-17(3)18-11-10-16(2)19(23)15-18)25-12-8-14-28-13-7-9-20(28)21(29)27(4)5/h10-11,15,17,20H,6-9,12-14H2,1-5H3,(H2,24,25,26). The summed E-state index contributed by atoms with van der Waals surface area (Å²) in [5, 5.41) is 6.60. The van der Waals surface area contributed by atoms with E-state index < -0.39 is 0 Å². The second-order valence-corrected chi connectivity index (χ2v) is 7.92. The van der Waals surface area contributed by atoms with Gasteiger partial charge in [0.1, 0.15) is 5.82 Å². The van der Waals surface area contributed by atoms with Crippen LogP contribution in [0.2, 0.25) is 0 Å². The molecule has 7 heteroatoms. The molecule has 0 aromatic heterocycles. The number of nitrogens with zero attached hydrogens (tertiary/aromatic N) is 3. The third-order valence-corrected chi connectivity index (χ3v) is 5.36. The van der Waals surface area contributed by atoms with E-state index in [2.05, 4.69) is 20.5 Å². The van der Waals surface area contributed by atoms with Crippen molar-refractivity contribution >= 4 is 11.9 Å². The molecule has 2 atom stereocenters. The molecule has 1 amide bonds. The minimum atomic E-state index is -0.189. The molecule has 162 valence electrons. The number of likely N-dealkylation sites (N-methyl/N-ethyl adjacent to an activating group) is 1. The maximum absolute atomic E-state index is 13.9. The van der Waals surface area contributed by atoms with Gasteiger partial charge in [-0.3, -0.25) is 14.7 Å². The molecular formula is C22H36FN5O. The van der Waals surface area contributed by atoms with Crippen LogP contribution in [0.5, 0.6) is 0 Å². The first-order valence-corrected chi connectivity index (χ1v) is 10.6. The van der Waals surface area contributed by atoms with Gasteiger partial charge in [-0.2, -0.15) is 0 Å². The molecule has 0 bridgehead atoms. The molecule has 0 radical (unpaired) electrons. The zero-order valence-corrected chi connectivity index (χ0v) is 18.5. The van der Waals surface area contributed by atoms with Gasteiger partial charge in [0.15, 0.2) is 5.96 Å². The molecular weight excluding hydrogens is 369 g/mol.